The molecule has 27 heavy (non-hydrogen) atoms. The normalized spacial score (nSPS) is 11.3. The Labute approximate surface area is 154 Å². The molecule has 2 aromatic heterocycles. The second kappa shape index (κ2) is 7.11. The van der Waals surface area contributed by atoms with Crippen LogP contribution in [0.25, 0.3) is 33.4 Å². The van der Waals surface area contributed by atoms with Gasteiger partial charge in [-0.15, -0.1) is 0 Å². The van der Waals surface area contributed by atoms with Gasteiger partial charge in [0.2, 0.25) is 0 Å². The zero-order valence-corrected chi connectivity index (χ0v) is 14.4. The van der Waals surface area contributed by atoms with Gasteiger partial charge in [0.1, 0.15) is 24.3 Å². The monoisotopic (exact) mass is 365 g/mol. The lowest BCUT2D eigenvalue weighted by Gasteiger charge is -2.07. The Morgan fingerprint density at radius 2 is 1.96 bits per heavy atom. The number of alkyl halides is 2. The van der Waals surface area contributed by atoms with Crippen molar-refractivity contribution in [3.8, 4) is 28.3 Å². The van der Waals surface area contributed by atoms with Crippen LogP contribution in [0.4, 0.5) is 8.78 Å². The molecule has 1 radical (unpaired) electrons. The molecule has 7 heteroatoms. The first kappa shape index (κ1) is 17.1. The van der Waals surface area contributed by atoms with Gasteiger partial charge in [-0.25, -0.2) is 18.7 Å². The highest BCUT2D eigenvalue weighted by Gasteiger charge is 2.18. The van der Waals surface area contributed by atoms with Crippen LogP contribution in [0.1, 0.15) is 0 Å². The van der Waals surface area contributed by atoms with Crippen molar-refractivity contribution in [1.29, 1.82) is 0 Å². The summed E-state index contributed by atoms with van der Waals surface area (Å²) in [6, 6.07) is 15.9. The largest absolute Gasteiger partial charge is 0.496 e. The van der Waals surface area contributed by atoms with Gasteiger partial charge in [-0.2, -0.15) is 5.10 Å². The number of fused-ring (bicyclic) bond motifs is 1. The van der Waals surface area contributed by atoms with Gasteiger partial charge in [-0.1, -0.05) is 30.3 Å². The van der Waals surface area contributed by atoms with Crippen LogP contribution < -0.4 is 4.74 Å². The standard InChI is InChI=1S/C20H15F2N4O/c1-27-14-7-8-15-17(9-14)23-12-24-20(15)16-10-26(11-18(21)22)25-19(16)13-5-3-2-4-6-13/h2-6,8-10,12,18H,11H2,1H3. The zero-order chi connectivity index (χ0) is 18.8. The van der Waals surface area contributed by atoms with E-state index >= 15 is 0 Å². The summed E-state index contributed by atoms with van der Waals surface area (Å²) in [5, 5.41) is 5.12. The molecule has 0 unspecified atom stereocenters. The van der Waals surface area contributed by atoms with Crippen LogP contribution in [-0.4, -0.2) is 33.3 Å². The first-order valence-corrected chi connectivity index (χ1v) is 8.27. The molecule has 0 saturated heterocycles. The number of hydrogen-bond donors (Lipinski definition) is 0. The van der Waals surface area contributed by atoms with Crippen molar-refractivity contribution in [1.82, 2.24) is 19.7 Å². The maximum Gasteiger partial charge on any atom is 0.257 e. The molecule has 0 amide bonds. The Bertz CT molecular complexity index is 1080. The van der Waals surface area contributed by atoms with Crippen molar-refractivity contribution in [3.63, 3.8) is 0 Å². The van der Waals surface area contributed by atoms with Crippen molar-refractivity contribution in [2.75, 3.05) is 7.11 Å². The van der Waals surface area contributed by atoms with E-state index in [1.165, 1.54) is 11.0 Å². The summed E-state index contributed by atoms with van der Waals surface area (Å²) >= 11 is 0. The van der Waals surface area contributed by atoms with E-state index in [1.54, 1.807) is 25.4 Å². The van der Waals surface area contributed by atoms with Gasteiger partial charge in [0.15, 0.2) is 0 Å². The topological polar surface area (TPSA) is 52.8 Å². The minimum Gasteiger partial charge on any atom is -0.496 e. The van der Waals surface area contributed by atoms with E-state index in [0.29, 0.717) is 28.2 Å². The van der Waals surface area contributed by atoms with Crippen LogP contribution >= 0.6 is 0 Å². The molecule has 0 spiro atoms. The summed E-state index contributed by atoms with van der Waals surface area (Å²) in [5.41, 5.74) is 3.36. The average molecular weight is 365 g/mol. The molecule has 0 fully saturated rings. The van der Waals surface area contributed by atoms with E-state index in [4.69, 9.17) is 4.74 Å². The lowest BCUT2D eigenvalue weighted by atomic mass is 10.0. The van der Waals surface area contributed by atoms with Gasteiger partial charge in [0, 0.05) is 34.8 Å². The SMILES string of the molecule is COc1[c]cc2c(-c3cn(CC(F)F)nc3-c3ccccc3)ncnc2c1. The second-order valence-electron chi connectivity index (χ2n) is 5.89. The van der Waals surface area contributed by atoms with Crippen LogP contribution in [0, 0.1) is 6.07 Å². The molecule has 0 aliphatic carbocycles. The molecule has 0 N–H and O–H groups in total. The van der Waals surface area contributed by atoms with Crippen molar-refractivity contribution < 1.29 is 13.5 Å². The van der Waals surface area contributed by atoms with Gasteiger partial charge in [-0.3, -0.25) is 4.68 Å². The minimum absolute atomic E-state index is 0.483. The van der Waals surface area contributed by atoms with Crippen molar-refractivity contribution >= 4 is 10.9 Å². The summed E-state index contributed by atoms with van der Waals surface area (Å²) in [6.45, 7) is -0.483. The van der Waals surface area contributed by atoms with Crippen molar-refractivity contribution in [2.45, 2.75) is 13.0 Å². The van der Waals surface area contributed by atoms with Crippen LogP contribution in [-0.2, 0) is 6.54 Å². The Kier molecular flexibility index (Phi) is 4.50. The number of halogens is 2. The smallest absolute Gasteiger partial charge is 0.257 e. The Morgan fingerprint density at radius 3 is 2.70 bits per heavy atom. The molecule has 4 rings (SSSR count). The number of nitrogens with zero attached hydrogens (tertiary/aromatic N) is 4. The quantitative estimate of drug-likeness (QED) is 0.531. The third-order valence-electron chi connectivity index (χ3n) is 4.15. The number of ether oxygens (including phenoxy) is 1. The maximum absolute atomic E-state index is 12.9. The summed E-state index contributed by atoms with van der Waals surface area (Å²) in [5.74, 6) is 0.559. The minimum atomic E-state index is -2.50. The third kappa shape index (κ3) is 3.36. The molecule has 0 bridgehead atoms. The highest BCUT2D eigenvalue weighted by atomic mass is 19.3. The van der Waals surface area contributed by atoms with Gasteiger partial charge in [0.25, 0.3) is 6.43 Å². The fraction of sp³-hybridized carbons (Fsp3) is 0.150. The molecule has 0 aliphatic rings. The van der Waals surface area contributed by atoms with E-state index in [1.807, 2.05) is 30.3 Å². The van der Waals surface area contributed by atoms with Crippen molar-refractivity contribution in [3.05, 3.63) is 61.1 Å². The highest BCUT2D eigenvalue weighted by molar-refractivity contribution is 5.96. The second-order valence-corrected chi connectivity index (χ2v) is 5.89. The predicted octanol–water partition coefficient (Wildman–Crippen LogP) is 4.23. The number of rotatable bonds is 5. The maximum atomic E-state index is 12.9. The Hall–Kier alpha value is -3.35. The molecule has 0 atom stereocenters. The van der Waals surface area contributed by atoms with Crippen LogP contribution in [0.5, 0.6) is 5.75 Å². The molecular weight excluding hydrogens is 350 g/mol. The molecule has 5 nitrogen and oxygen atoms in total. The highest BCUT2D eigenvalue weighted by Crippen LogP contribution is 2.34. The van der Waals surface area contributed by atoms with Crippen LogP contribution in [0.2, 0.25) is 0 Å². The summed E-state index contributed by atoms with van der Waals surface area (Å²) in [4.78, 5) is 8.67. The van der Waals surface area contributed by atoms with Crippen LogP contribution in [0.3, 0.4) is 0 Å². The molecular formula is C20H15F2N4O. The van der Waals surface area contributed by atoms with E-state index in [0.717, 1.165) is 10.9 Å². The number of benzene rings is 2. The van der Waals surface area contributed by atoms with Gasteiger partial charge in [0.05, 0.1) is 18.3 Å². The van der Waals surface area contributed by atoms with Gasteiger partial charge in [-0.05, 0) is 6.07 Å². The first-order valence-electron chi connectivity index (χ1n) is 8.27. The number of hydrogen-bond acceptors (Lipinski definition) is 4. The molecule has 4 aromatic rings. The molecule has 2 heterocycles. The predicted molar refractivity (Wildman–Crippen MR) is 97.6 cm³/mol. The summed E-state index contributed by atoms with van der Waals surface area (Å²) in [7, 11) is 1.56. The van der Waals surface area contributed by atoms with E-state index in [-0.39, 0.29) is 0 Å². The van der Waals surface area contributed by atoms with Crippen molar-refractivity contribution in [2.24, 2.45) is 0 Å². The molecule has 0 aliphatic heterocycles. The van der Waals surface area contributed by atoms with E-state index in [2.05, 4.69) is 21.1 Å². The fourth-order valence-electron chi connectivity index (χ4n) is 2.95. The zero-order valence-electron chi connectivity index (χ0n) is 14.4. The Morgan fingerprint density at radius 1 is 1.15 bits per heavy atom. The first-order chi connectivity index (χ1) is 13.2. The summed E-state index contributed by atoms with van der Waals surface area (Å²) < 4.78 is 32.2. The Balaban J connectivity index is 1.93. The lowest BCUT2D eigenvalue weighted by molar-refractivity contribution is 0.122. The van der Waals surface area contributed by atoms with Gasteiger partial charge >= 0.3 is 0 Å². The number of methoxy groups -OCH3 is 1. The van der Waals surface area contributed by atoms with Gasteiger partial charge < -0.3 is 4.74 Å². The average Bonchev–Trinajstić information content (AvgIpc) is 3.10. The number of aromatic nitrogens is 4. The molecule has 2 aromatic carbocycles. The summed E-state index contributed by atoms with van der Waals surface area (Å²) in [6.07, 6.45) is 0.540. The molecule has 135 valence electrons. The molecule has 0 saturated carbocycles. The lowest BCUT2D eigenvalue weighted by Crippen LogP contribution is -2.06. The van der Waals surface area contributed by atoms with Crippen LogP contribution in [0.15, 0.2) is 55.0 Å². The third-order valence-corrected chi connectivity index (χ3v) is 4.15. The van der Waals surface area contributed by atoms with E-state index < -0.39 is 13.0 Å². The fourth-order valence-corrected chi connectivity index (χ4v) is 2.95. The van der Waals surface area contributed by atoms with E-state index in [9.17, 15) is 8.78 Å².